The first-order valence-electron chi connectivity index (χ1n) is 7.46. The molecule has 6 heteroatoms. The van der Waals surface area contributed by atoms with Crippen molar-refractivity contribution in [3.63, 3.8) is 0 Å². The number of carbonyl (C=O) groups is 1. The Kier molecular flexibility index (Phi) is 5.32. The maximum atomic E-state index is 12.2. The Labute approximate surface area is 130 Å². The minimum Gasteiger partial charge on any atom is -0.465 e. The highest BCUT2D eigenvalue weighted by atomic mass is 32.2. The van der Waals surface area contributed by atoms with Crippen LogP contribution in [0.1, 0.15) is 44.6 Å². The molecule has 2 rings (SSSR count). The molecule has 1 aliphatic rings. The Bertz CT molecular complexity index is 480. The molecule has 1 saturated carbocycles. The van der Waals surface area contributed by atoms with Gasteiger partial charge in [0.25, 0.3) is 5.22 Å². The van der Waals surface area contributed by atoms with Crippen LogP contribution in [0.25, 0.3) is 0 Å². The van der Waals surface area contributed by atoms with E-state index in [0.717, 1.165) is 30.0 Å². The third kappa shape index (κ3) is 4.48. The Morgan fingerprint density at radius 3 is 2.76 bits per heavy atom. The number of ether oxygens (including phenoxy) is 1. The molecular formula is C15H24N2O3S. The summed E-state index contributed by atoms with van der Waals surface area (Å²) in [4.78, 5) is 16.5. The molecule has 1 unspecified atom stereocenters. The first-order valence-corrected chi connectivity index (χ1v) is 8.45. The van der Waals surface area contributed by atoms with Crippen molar-refractivity contribution in [1.29, 1.82) is 0 Å². The zero-order chi connectivity index (χ0) is 15.5. The van der Waals surface area contributed by atoms with Crippen LogP contribution in [0.15, 0.2) is 9.64 Å². The van der Waals surface area contributed by atoms with E-state index in [1.54, 1.807) is 0 Å². The fourth-order valence-corrected chi connectivity index (χ4v) is 3.12. The number of hydrogen-bond acceptors (Lipinski definition) is 6. The zero-order valence-electron chi connectivity index (χ0n) is 13.2. The molecule has 0 radical (unpaired) electrons. The second kappa shape index (κ2) is 6.83. The first kappa shape index (κ1) is 16.4. The van der Waals surface area contributed by atoms with Crippen LogP contribution in [0.2, 0.25) is 0 Å². The lowest BCUT2D eigenvalue weighted by Gasteiger charge is -2.28. The molecule has 0 aromatic carbocycles. The summed E-state index contributed by atoms with van der Waals surface area (Å²) in [5.41, 5.74) is 0.294. The number of aryl methyl sites for hydroxylation is 2. The van der Waals surface area contributed by atoms with Crippen LogP contribution < -0.4 is 5.32 Å². The fraction of sp³-hybridized carbons (Fsp3) is 0.733. The Morgan fingerprint density at radius 1 is 1.52 bits per heavy atom. The molecule has 0 amide bonds. The lowest BCUT2D eigenvalue weighted by atomic mass is 9.99. The van der Waals surface area contributed by atoms with Crippen LogP contribution in [0, 0.1) is 13.8 Å². The number of thioether (sulfide) groups is 1. The molecule has 1 aromatic heterocycles. The van der Waals surface area contributed by atoms with Crippen molar-refractivity contribution in [1.82, 2.24) is 10.3 Å². The van der Waals surface area contributed by atoms with E-state index in [2.05, 4.69) is 10.3 Å². The maximum Gasteiger partial charge on any atom is 0.326 e. The minimum absolute atomic E-state index is 0.169. The molecule has 0 saturated heterocycles. The second-order valence-corrected chi connectivity index (χ2v) is 6.74. The molecule has 0 spiro atoms. The van der Waals surface area contributed by atoms with Crippen LogP contribution in [0.5, 0.6) is 0 Å². The van der Waals surface area contributed by atoms with Crippen molar-refractivity contribution in [3.8, 4) is 0 Å². The summed E-state index contributed by atoms with van der Waals surface area (Å²) < 4.78 is 10.8. The smallest absolute Gasteiger partial charge is 0.326 e. The lowest BCUT2D eigenvalue weighted by Crippen LogP contribution is -2.51. The highest BCUT2D eigenvalue weighted by Crippen LogP contribution is 2.28. The van der Waals surface area contributed by atoms with Gasteiger partial charge in [0.15, 0.2) is 0 Å². The van der Waals surface area contributed by atoms with Crippen LogP contribution >= 0.6 is 11.8 Å². The van der Waals surface area contributed by atoms with Crippen LogP contribution in [-0.2, 0) is 9.53 Å². The zero-order valence-corrected chi connectivity index (χ0v) is 14.0. The van der Waals surface area contributed by atoms with Crippen LogP contribution in [0.3, 0.4) is 0 Å². The largest absolute Gasteiger partial charge is 0.465 e. The molecule has 5 nitrogen and oxygen atoms in total. The van der Waals surface area contributed by atoms with Gasteiger partial charge in [-0.3, -0.25) is 10.1 Å². The van der Waals surface area contributed by atoms with Crippen LogP contribution in [-0.4, -0.2) is 34.9 Å². The predicted molar refractivity (Wildman–Crippen MR) is 82.5 cm³/mol. The molecule has 1 heterocycles. The van der Waals surface area contributed by atoms with E-state index in [0.29, 0.717) is 24.3 Å². The van der Waals surface area contributed by atoms with E-state index in [-0.39, 0.29) is 5.97 Å². The van der Waals surface area contributed by atoms with Gasteiger partial charge in [-0.25, -0.2) is 4.98 Å². The molecule has 118 valence electrons. The Hall–Kier alpha value is -1.01. The highest BCUT2D eigenvalue weighted by Gasteiger charge is 2.39. The lowest BCUT2D eigenvalue weighted by molar-refractivity contribution is -0.150. The Morgan fingerprint density at radius 2 is 2.24 bits per heavy atom. The quantitative estimate of drug-likeness (QED) is 0.588. The average Bonchev–Trinajstić information content (AvgIpc) is 3.16. The van der Waals surface area contributed by atoms with E-state index >= 15 is 0 Å². The molecule has 1 N–H and O–H groups in total. The molecule has 0 bridgehead atoms. The normalized spacial score (nSPS) is 17.5. The molecule has 1 aromatic rings. The molecule has 1 fully saturated rings. The highest BCUT2D eigenvalue weighted by molar-refractivity contribution is 7.99. The van der Waals surface area contributed by atoms with Gasteiger partial charge in [0.1, 0.15) is 11.3 Å². The van der Waals surface area contributed by atoms with Crippen molar-refractivity contribution < 1.29 is 13.9 Å². The minimum atomic E-state index is -0.624. The van der Waals surface area contributed by atoms with Crippen molar-refractivity contribution in [2.45, 2.75) is 63.8 Å². The Balaban J connectivity index is 1.90. The van der Waals surface area contributed by atoms with E-state index in [9.17, 15) is 4.79 Å². The van der Waals surface area contributed by atoms with E-state index in [4.69, 9.17) is 9.15 Å². The summed E-state index contributed by atoms with van der Waals surface area (Å²) in [6.07, 6.45) is 2.97. The predicted octanol–water partition coefficient (Wildman–Crippen LogP) is 2.85. The van der Waals surface area contributed by atoms with Gasteiger partial charge >= 0.3 is 5.97 Å². The number of esters is 1. The fourth-order valence-electron chi connectivity index (χ4n) is 2.05. The molecule has 1 atom stereocenters. The monoisotopic (exact) mass is 312 g/mol. The third-order valence-electron chi connectivity index (χ3n) is 3.66. The van der Waals surface area contributed by atoms with Gasteiger partial charge in [0.05, 0.1) is 12.3 Å². The van der Waals surface area contributed by atoms with Gasteiger partial charge in [-0.05, 0) is 47.0 Å². The standard InChI is InChI=1S/C15H24N2O3S/c1-5-19-13(18)15(4,17-12-6-7-12)8-9-21-14-16-10(2)11(3)20-14/h12,17H,5-9H2,1-4H3. The average molecular weight is 312 g/mol. The van der Waals surface area contributed by atoms with Gasteiger partial charge in [0, 0.05) is 11.8 Å². The number of carbonyl (C=O) groups excluding carboxylic acids is 1. The number of nitrogens with zero attached hydrogens (tertiary/aromatic N) is 1. The van der Waals surface area contributed by atoms with E-state index in [1.807, 2.05) is 27.7 Å². The van der Waals surface area contributed by atoms with Gasteiger partial charge in [-0.1, -0.05) is 11.8 Å². The van der Waals surface area contributed by atoms with Crippen molar-refractivity contribution >= 4 is 17.7 Å². The van der Waals surface area contributed by atoms with E-state index < -0.39 is 5.54 Å². The summed E-state index contributed by atoms with van der Waals surface area (Å²) in [5, 5.41) is 4.08. The first-order chi connectivity index (χ1) is 9.94. The summed E-state index contributed by atoms with van der Waals surface area (Å²) in [6, 6.07) is 0.454. The van der Waals surface area contributed by atoms with E-state index in [1.165, 1.54) is 11.8 Å². The molecular weight excluding hydrogens is 288 g/mol. The number of oxazole rings is 1. The summed E-state index contributed by atoms with van der Waals surface area (Å²) in [5.74, 6) is 1.44. The second-order valence-electron chi connectivity index (χ2n) is 5.69. The van der Waals surface area contributed by atoms with Gasteiger partial charge in [0.2, 0.25) is 0 Å². The number of nitrogens with one attached hydrogen (secondary N) is 1. The number of hydrogen-bond donors (Lipinski definition) is 1. The number of rotatable bonds is 8. The number of aromatic nitrogens is 1. The van der Waals surface area contributed by atoms with Crippen molar-refractivity contribution in [2.24, 2.45) is 0 Å². The van der Waals surface area contributed by atoms with Gasteiger partial charge in [-0.15, -0.1) is 0 Å². The topological polar surface area (TPSA) is 64.4 Å². The van der Waals surface area contributed by atoms with Crippen LogP contribution in [0.4, 0.5) is 0 Å². The molecule has 21 heavy (non-hydrogen) atoms. The van der Waals surface area contributed by atoms with Gasteiger partial charge in [-0.2, -0.15) is 0 Å². The molecule has 0 aliphatic heterocycles. The maximum absolute atomic E-state index is 12.2. The SMILES string of the molecule is CCOC(=O)C(C)(CCSc1nc(C)c(C)o1)NC1CC1. The summed E-state index contributed by atoms with van der Waals surface area (Å²) >= 11 is 1.54. The van der Waals surface area contributed by atoms with Crippen molar-refractivity contribution in [2.75, 3.05) is 12.4 Å². The van der Waals surface area contributed by atoms with Crippen molar-refractivity contribution in [3.05, 3.63) is 11.5 Å². The summed E-state index contributed by atoms with van der Waals surface area (Å²) in [6.45, 7) is 8.01. The van der Waals surface area contributed by atoms with Gasteiger partial charge < -0.3 is 9.15 Å². The molecule has 1 aliphatic carbocycles. The third-order valence-corrected chi connectivity index (χ3v) is 4.49. The summed E-state index contributed by atoms with van der Waals surface area (Å²) in [7, 11) is 0.